The van der Waals surface area contributed by atoms with Crippen molar-refractivity contribution < 1.29 is 22.7 Å². The Balaban J connectivity index is 1.73. The summed E-state index contributed by atoms with van der Waals surface area (Å²) in [5, 5.41) is 4.77. The Kier molecular flexibility index (Phi) is 3.66. The zero-order chi connectivity index (χ0) is 15.1. The first kappa shape index (κ1) is 14.7. The highest BCUT2D eigenvalue weighted by Gasteiger charge is 2.50. The molecular weight excluding hydrogens is 298 g/mol. The normalized spacial score (nSPS) is 34.2. The summed E-state index contributed by atoms with van der Waals surface area (Å²) < 4.78 is 31.6. The van der Waals surface area contributed by atoms with Crippen molar-refractivity contribution in [1.82, 2.24) is 14.9 Å². The number of hydrogen-bond donors (Lipinski definition) is 2. The molecule has 8 nitrogen and oxygen atoms in total. The van der Waals surface area contributed by atoms with Crippen LogP contribution in [0.15, 0.2) is 0 Å². The van der Waals surface area contributed by atoms with Crippen LogP contribution in [0, 0.1) is 0 Å². The Hall–Kier alpha value is -1.19. The SMILES string of the molecule is O=C1NC(=O)C2(CCCN(S(=O)(=O)CC3CCCO3)C2)N1. The van der Waals surface area contributed by atoms with E-state index in [1.165, 1.54) is 4.31 Å². The molecule has 0 aromatic heterocycles. The number of sulfonamides is 1. The molecule has 0 saturated carbocycles. The summed E-state index contributed by atoms with van der Waals surface area (Å²) in [6.07, 6.45) is 2.35. The van der Waals surface area contributed by atoms with Gasteiger partial charge in [0, 0.05) is 19.7 Å². The number of carbonyl (C=O) groups is 2. The van der Waals surface area contributed by atoms with Gasteiger partial charge in [0.2, 0.25) is 10.0 Å². The molecular formula is C12H19N3O5S. The molecule has 0 aromatic carbocycles. The smallest absolute Gasteiger partial charge is 0.322 e. The lowest BCUT2D eigenvalue weighted by Crippen LogP contribution is -2.60. The number of amides is 3. The van der Waals surface area contributed by atoms with Crippen LogP contribution in [0.4, 0.5) is 4.79 Å². The predicted octanol–water partition coefficient (Wildman–Crippen LogP) is -0.831. The highest BCUT2D eigenvalue weighted by Crippen LogP contribution is 2.27. The fourth-order valence-electron chi connectivity index (χ4n) is 3.19. The van der Waals surface area contributed by atoms with Crippen molar-refractivity contribution in [2.75, 3.05) is 25.4 Å². The average molecular weight is 317 g/mol. The number of hydrogen-bond acceptors (Lipinski definition) is 5. The maximum Gasteiger partial charge on any atom is 0.322 e. The zero-order valence-electron chi connectivity index (χ0n) is 11.6. The monoisotopic (exact) mass is 317 g/mol. The van der Waals surface area contributed by atoms with Crippen molar-refractivity contribution in [3.05, 3.63) is 0 Å². The summed E-state index contributed by atoms with van der Waals surface area (Å²) in [7, 11) is -3.49. The van der Waals surface area contributed by atoms with Gasteiger partial charge in [0.25, 0.3) is 5.91 Å². The van der Waals surface area contributed by atoms with Crippen LogP contribution in [0.2, 0.25) is 0 Å². The van der Waals surface area contributed by atoms with Crippen LogP contribution in [0.1, 0.15) is 25.7 Å². The quantitative estimate of drug-likeness (QED) is 0.661. The molecule has 1 spiro atoms. The molecule has 3 heterocycles. The summed E-state index contributed by atoms with van der Waals surface area (Å²) in [6.45, 7) is 0.974. The molecule has 9 heteroatoms. The highest BCUT2D eigenvalue weighted by atomic mass is 32.2. The first-order valence-corrected chi connectivity index (χ1v) is 8.75. The second-order valence-corrected chi connectivity index (χ2v) is 7.85. The highest BCUT2D eigenvalue weighted by molar-refractivity contribution is 7.89. The van der Waals surface area contributed by atoms with Crippen LogP contribution in [0.3, 0.4) is 0 Å². The lowest BCUT2D eigenvalue weighted by molar-refractivity contribution is -0.125. The standard InChI is InChI=1S/C12H19N3O5S/c16-10-12(14-11(17)13-10)4-2-5-15(8-12)21(18,19)7-9-3-1-6-20-9/h9H,1-8H2,(H2,13,14,16,17). The van der Waals surface area contributed by atoms with Gasteiger partial charge in [-0.1, -0.05) is 0 Å². The van der Waals surface area contributed by atoms with E-state index in [1.807, 2.05) is 0 Å². The fraction of sp³-hybridized carbons (Fsp3) is 0.833. The summed E-state index contributed by atoms with van der Waals surface area (Å²) in [5.41, 5.74) is -1.11. The van der Waals surface area contributed by atoms with Crippen molar-refractivity contribution in [3.63, 3.8) is 0 Å². The van der Waals surface area contributed by atoms with Crippen molar-refractivity contribution >= 4 is 22.0 Å². The van der Waals surface area contributed by atoms with E-state index in [1.54, 1.807) is 0 Å². The summed E-state index contributed by atoms with van der Waals surface area (Å²) in [6, 6.07) is -0.557. The molecule has 21 heavy (non-hydrogen) atoms. The minimum Gasteiger partial charge on any atom is -0.377 e. The Morgan fingerprint density at radius 3 is 2.76 bits per heavy atom. The van der Waals surface area contributed by atoms with E-state index in [-0.39, 0.29) is 18.4 Å². The van der Waals surface area contributed by atoms with Gasteiger partial charge in [-0.2, -0.15) is 4.31 Å². The van der Waals surface area contributed by atoms with Crippen molar-refractivity contribution in [3.8, 4) is 0 Å². The Bertz CT molecular complexity index is 557. The van der Waals surface area contributed by atoms with Crippen LogP contribution in [-0.2, 0) is 19.6 Å². The predicted molar refractivity (Wildman–Crippen MR) is 73.0 cm³/mol. The average Bonchev–Trinajstić information content (AvgIpc) is 2.99. The molecule has 3 aliphatic heterocycles. The molecule has 3 rings (SSSR count). The summed E-state index contributed by atoms with van der Waals surface area (Å²) in [4.78, 5) is 23.3. The first-order chi connectivity index (χ1) is 9.91. The second kappa shape index (κ2) is 5.22. The van der Waals surface area contributed by atoms with Crippen LogP contribution in [0.5, 0.6) is 0 Å². The van der Waals surface area contributed by atoms with Gasteiger partial charge >= 0.3 is 6.03 Å². The van der Waals surface area contributed by atoms with Gasteiger partial charge in [-0.05, 0) is 25.7 Å². The lowest BCUT2D eigenvalue weighted by atomic mass is 9.90. The van der Waals surface area contributed by atoms with E-state index < -0.39 is 27.5 Å². The van der Waals surface area contributed by atoms with E-state index >= 15 is 0 Å². The number of carbonyl (C=O) groups excluding carboxylic acids is 2. The van der Waals surface area contributed by atoms with Gasteiger partial charge < -0.3 is 10.1 Å². The van der Waals surface area contributed by atoms with E-state index in [0.717, 1.165) is 12.8 Å². The van der Waals surface area contributed by atoms with Crippen molar-refractivity contribution in [2.45, 2.75) is 37.3 Å². The molecule has 2 unspecified atom stereocenters. The third-order valence-electron chi connectivity index (χ3n) is 4.29. The topological polar surface area (TPSA) is 105 Å². The Morgan fingerprint density at radius 2 is 2.14 bits per heavy atom. The Morgan fingerprint density at radius 1 is 1.33 bits per heavy atom. The number of urea groups is 1. The first-order valence-electron chi connectivity index (χ1n) is 7.14. The largest absolute Gasteiger partial charge is 0.377 e. The molecule has 2 atom stereocenters. The minimum absolute atomic E-state index is 0.000370. The van der Waals surface area contributed by atoms with Gasteiger partial charge in [0.15, 0.2) is 0 Å². The molecule has 3 saturated heterocycles. The molecule has 3 amide bonds. The van der Waals surface area contributed by atoms with Gasteiger partial charge in [-0.3, -0.25) is 10.1 Å². The number of rotatable bonds is 3. The molecule has 0 aromatic rings. The summed E-state index contributed by atoms with van der Waals surface area (Å²) in [5.74, 6) is -0.497. The van der Waals surface area contributed by atoms with E-state index in [0.29, 0.717) is 26.0 Å². The maximum absolute atomic E-state index is 12.5. The van der Waals surface area contributed by atoms with Crippen LogP contribution in [0.25, 0.3) is 0 Å². The molecule has 2 N–H and O–H groups in total. The number of piperidine rings is 1. The van der Waals surface area contributed by atoms with Gasteiger partial charge in [-0.25, -0.2) is 13.2 Å². The molecule has 0 bridgehead atoms. The van der Waals surface area contributed by atoms with Crippen LogP contribution >= 0.6 is 0 Å². The van der Waals surface area contributed by atoms with Crippen molar-refractivity contribution in [1.29, 1.82) is 0 Å². The number of nitrogens with one attached hydrogen (secondary N) is 2. The minimum atomic E-state index is -3.49. The molecule has 118 valence electrons. The molecule has 0 aliphatic carbocycles. The zero-order valence-corrected chi connectivity index (χ0v) is 12.4. The number of nitrogens with zero attached hydrogens (tertiary/aromatic N) is 1. The third kappa shape index (κ3) is 2.77. The van der Waals surface area contributed by atoms with Gasteiger partial charge in [0.05, 0.1) is 11.9 Å². The van der Waals surface area contributed by atoms with E-state index in [4.69, 9.17) is 4.74 Å². The molecule has 3 aliphatic rings. The van der Waals surface area contributed by atoms with E-state index in [2.05, 4.69) is 10.6 Å². The maximum atomic E-state index is 12.5. The lowest BCUT2D eigenvalue weighted by Gasteiger charge is -2.37. The molecule has 3 fully saturated rings. The molecule has 0 radical (unpaired) electrons. The second-order valence-electron chi connectivity index (χ2n) is 5.84. The third-order valence-corrected chi connectivity index (χ3v) is 6.18. The fourth-order valence-corrected chi connectivity index (χ4v) is 4.95. The number of ether oxygens (including phenoxy) is 1. The summed E-state index contributed by atoms with van der Waals surface area (Å²) >= 11 is 0. The van der Waals surface area contributed by atoms with Crippen LogP contribution < -0.4 is 10.6 Å². The Labute approximate surface area is 123 Å². The van der Waals surface area contributed by atoms with Gasteiger partial charge in [0.1, 0.15) is 5.54 Å². The van der Waals surface area contributed by atoms with Gasteiger partial charge in [-0.15, -0.1) is 0 Å². The number of imide groups is 1. The van der Waals surface area contributed by atoms with Crippen LogP contribution in [-0.4, -0.2) is 61.8 Å². The van der Waals surface area contributed by atoms with E-state index in [9.17, 15) is 18.0 Å². The van der Waals surface area contributed by atoms with Crippen molar-refractivity contribution in [2.24, 2.45) is 0 Å².